The lowest BCUT2D eigenvalue weighted by Crippen LogP contribution is -2.62. The Morgan fingerprint density at radius 2 is 1.54 bits per heavy atom. The molecule has 7 atom stereocenters. The van der Waals surface area contributed by atoms with Gasteiger partial charge in [0.15, 0.2) is 0 Å². The smallest absolute Gasteiger partial charge is 0.254 e. The van der Waals surface area contributed by atoms with Gasteiger partial charge >= 0.3 is 0 Å². The second kappa shape index (κ2) is 13.0. The van der Waals surface area contributed by atoms with Crippen LogP contribution < -0.4 is 0 Å². The zero-order chi connectivity index (χ0) is 29.2. The number of amides is 2. The van der Waals surface area contributed by atoms with Gasteiger partial charge < -0.3 is 9.80 Å². The number of hydrogen-bond donors (Lipinski definition) is 0. The Bertz CT molecular complexity index is 1060. The van der Waals surface area contributed by atoms with Crippen molar-refractivity contribution in [3.05, 3.63) is 34.9 Å². The van der Waals surface area contributed by atoms with Crippen LogP contribution in [0, 0.1) is 28.6 Å². The topological polar surface area (TPSA) is 40.6 Å². The summed E-state index contributed by atoms with van der Waals surface area (Å²) in [6, 6.07) is 8.26. The van der Waals surface area contributed by atoms with E-state index in [1.807, 2.05) is 24.3 Å². The van der Waals surface area contributed by atoms with Crippen LogP contribution in [-0.2, 0) is 4.79 Å². The molecule has 0 unspecified atom stereocenters. The summed E-state index contributed by atoms with van der Waals surface area (Å²) in [5, 5.41) is 0.682. The van der Waals surface area contributed by atoms with Crippen molar-refractivity contribution in [2.45, 2.75) is 136 Å². The molecule has 1 aromatic carbocycles. The molecule has 1 aliphatic heterocycles. The van der Waals surface area contributed by atoms with Crippen LogP contribution in [0.15, 0.2) is 24.3 Å². The van der Waals surface area contributed by atoms with Gasteiger partial charge in [0.1, 0.15) is 0 Å². The highest BCUT2D eigenvalue weighted by Gasteiger charge is 2.62. The van der Waals surface area contributed by atoms with Gasteiger partial charge in [-0.05, 0) is 104 Å². The summed E-state index contributed by atoms with van der Waals surface area (Å²) >= 11 is 6.20. The van der Waals surface area contributed by atoms with Gasteiger partial charge in [-0.2, -0.15) is 0 Å². The molecule has 4 nitrogen and oxygen atoms in total. The van der Waals surface area contributed by atoms with E-state index in [1.165, 1.54) is 70.6 Å². The molecule has 41 heavy (non-hydrogen) atoms. The third-order valence-electron chi connectivity index (χ3n) is 12.5. The second-order valence-corrected chi connectivity index (χ2v) is 15.0. The van der Waals surface area contributed by atoms with Crippen molar-refractivity contribution in [2.75, 3.05) is 13.6 Å². The van der Waals surface area contributed by atoms with Crippen LogP contribution >= 0.6 is 11.6 Å². The van der Waals surface area contributed by atoms with Gasteiger partial charge in [0.05, 0.1) is 0 Å². The van der Waals surface area contributed by atoms with E-state index in [1.54, 1.807) is 0 Å². The van der Waals surface area contributed by atoms with Gasteiger partial charge in [0.25, 0.3) is 5.91 Å². The SMILES string of the molecule is CCCCCCCCCCN(C(=O)c1ccc(Cl)cc1)[C@H]1CC[C@H]2[C@@H]3CC[C@H]4N(C)C(=O)CC[C@]4(C)[C@H]3CC[C@]12C. The normalized spacial score (nSPS) is 34.6. The van der Waals surface area contributed by atoms with Crippen LogP contribution in [0.5, 0.6) is 0 Å². The molecule has 4 fully saturated rings. The molecule has 1 aromatic rings. The van der Waals surface area contributed by atoms with Crippen molar-refractivity contribution < 1.29 is 9.59 Å². The highest BCUT2D eigenvalue weighted by atomic mass is 35.5. The first-order chi connectivity index (χ1) is 19.7. The van der Waals surface area contributed by atoms with Crippen molar-refractivity contribution in [1.82, 2.24) is 9.80 Å². The molecule has 5 rings (SSSR count). The lowest BCUT2D eigenvalue weighted by Gasteiger charge is -2.62. The maximum Gasteiger partial charge on any atom is 0.254 e. The Labute approximate surface area is 255 Å². The molecule has 3 aliphatic carbocycles. The predicted octanol–water partition coefficient (Wildman–Crippen LogP) is 9.15. The largest absolute Gasteiger partial charge is 0.342 e. The summed E-state index contributed by atoms with van der Waals surface area (Å²) in [6.07, 6.45) is 19.2. The minimum Gasteiger partial charge on any atom is -0.342 e. The van der Waals surface area contributed by atoms with Crippen LogP contribution in [0.25, 0.3) is 0 Å². The average molecular weight is 583 g/mol. The van der Waals surface area contributed by atoms with Gasteiger partial charge in [0, 0.05) is 42.7 Å². The minimum absolute atomic E-state index is 0.170. The first kappa shape index (κ1) is 30.9. The van der Waals surface area contributed by atoms with Gasteiger partial charge in [-0.1, -0.05) is 77.3 Å². The van der Waals surface area contributed by atoms with Crippen LogP contribution in [0.4, 0.5) is 0 Å². The monoisotopic (exact) mass is 582 g/mol. The van der Waals surface area contributed by atoms with E-state index in [0.717, 1.165) is 43.7 Å². The number of carbonyl (C=O) groups is 2. The summed E-state index contributed by atoms with van der Waals surface area (Å²) in [7, 11) is 2.05. The third-order valence-corrected chi connectivity index (χ3v) is 12.7. The number of rotatable bonds is 11. The van der Waals surface area contributed by atoms with Gasteiger partial charge in [0.2, 0.25) is 5.91 Å². The molecular weight excluding hydrogens is 528 g/mol. The molecule has 5 heteroatoms. The predicted molar refractivity (Wildman–Crippen MR) is 169 cm³/mol. The van der Waals surface area contributed by atoms with Gasteiger partial charge in [-0.25, -0.2) is 0 Å². The molecule has 2 amide bonds. The average Bonchev–Trinajstić information content (AvgIpc) is 3.31. The maximum absolute atomic E-state index is 14.1. The van der Waals surface area contributed by atoms with Crippen LogP contribution in [0.2, 0.25) is 5.02 Å². The van der Waals surface area contributed by atoms with Crippen molar-refractivity contribution in [2.24, 2.45) is 28.6 Å². The summed E-state index contributed by atoms with van der Waals surface area (Å²) in [4.78, 5) is 31.1. The fraction of sp³-hybridized carbons (Fsp3) is 0.778. The number of fused-ring (bicyclic) bond motifs is 5. The fourth-order valence-corrected chi connectivity index (χ4v) is 10.3. The highest BCUT2D eigenvalue weighted by Crippen LogP contribution is 2.65. The lowest BCUT2D eigenvalue weighted by atomic mass is 9.47. The maximum atomic E-state index is 14.1. The number of hydrogen-bond acceptors (Lipinski definition) is 2. The Hall–Kier alpha value is -1.55. The second-order valence-electron chi connectivity index (χ2n) is 14.6. The number of nitrogens with zero attached hydrogens (tertiary/aromatic N) is 2. The van der Waals surface area contributed by atoms with E-state index in [-0.39, 0.29) is 16.7 Å². The number of carbonyl (C=O) groups excluding carboxylic acids is 2. The third kappa shape index (κ3) is 5.98. The van der Waals surface area contributed by atoms with E-state index in [0.29, 0.717) is 41.3 Å². The number of halogens is 1. The summed E-state index contributed by atoms with van der Waals surface area (Å²) in [5.74, 6) is 2.62. The van der Waals surface area contributed by atoms with E-state index >= 15 is 0 Å². The molecule has 0 radical (unpaired) electrons. The van der Waals surface area contributed by atoms with Crippen molar-refractivity contribution in [3.63, 3.8) is 0 Å². The summed E-state index contributed by atoms with van der Waals surface area (Å²) in [6.45, 7) is 8.18. The summed E-state index contributed by atoms with van der Waals surface area (Å²) in [5.41, 5.74) is 1.18. The Morgan fingerprint density at radius 1 is 0.878 bits per heavy atom. The lowest BCUT2D eigenvalue weighted by molar-refractivity contribution is -0.158. The van der Waals surface area contributed by atoms with E-state index in [9.17, 15) is 9.59 Å². The van der Waals surface area contributed by atoms with E-state index < -0.39 is 0 Å². The van der Waals surface area contributed by atoms with Gasteiger partial charge in [-0.3, -0.25) is 9.59 Å². The Kier molecular flexibility index (Phi) is 9.78. The van der Waals surface area contributed by atoms with E-state index in [2.05, 4.69) is 37.6 Å². The Morgan fingerprint density at radius 3 is 2.24 bits per heavy atom. The molecule has 0 spiro atoms. The first-order valence-corrected chi connectivity index (χ1v) is 17.4. The minimum atomic E-state index is 0.170. The van der Waals surface area contributed by atoms with E-state index in [4.69, 9.17) is 11.6 Å². The number of benzene rings is 1. The van der Waals surface area contributed by atoms with Gasteiger partial charge in [-0.15, -0.1) is 0 Å². The molecule has 0 bridgehead atoms. The zero-order valence-corrected chi connectivity index (χ0v) is 27.1. The Balaban J connectivity index is 1.31. The molecule has 1 heterocycles. The zero-order valence-electron chi connectivity index (χ0n) is 26.3. The number of unbranched alkanes of at least 4 members (excludes halogenated alkanes) is 7. The molecule has 3 saturated carbocycles. The molecule has 1 saturated heterocycles. The summed E-state index contributed by atoms with van der Waals surface area (Å²) < 4.78 is 0. The standard InChI is InChI=1S/C36H55ClN2O2/c1-5-6-7-8-9-10-11-12-25-39(34(41)26-13-15-27(37)16-14-26)32-20-18-29-28-17-19-31-35(2,24-22-33(40)38(31)4)30(28)21-23-36(29,32)3/h13-16,28-32H,5-12,17-25H2,1-4H3/t28-,29-,30-,31+,32-,35+,36-/m0/s1. The number of piperidine rings is 1. The molecule has 0 N–H and O–H groups in total. The van der Waals surface area contributed by atoms with Crippen molar-refractivity contribution in [1.29, 1.82) is 0 Å². The van der Waals surface area contributed by atoms with Crippen LogP contribution in [-0.4, -0.2) is 47.3 Å². The molecule has 0 aromatic heterocycles. The molecule has 4 aliphatic rings. The van der Waals surface area contributed by atoms with Crippen molar-refractivity contribution in [3.8, 4) is 0 Å². The highest BCUT2D eigenvalue weighted by molar-refractivity contribution is 6.30. The van der Waals surface area contributed by atoms with Crippen LogP contribution in [0.1, 0.15) is 134 Å². The first-order valence-electron chi connectivity index (χ1n) is 17.0. The van der Waals surface area contributed by atoms with Crippen LogP contribution in [0.3, 0.4) is 0 Å². The quantitative estimate of drug-likeness (QED) is 0.244. The fourth-order valence-electron chi connectivity index (χ4n) is 10.2. The molecule has 228 valence electrons. The molecular formula is C36H55ClN2O2. The number of likely N-dealkylation sites (tertiary alicyclic amines) is 1. The van der Waals surface area contributed by atoms with Crippen molar-refractivity contribution >= 4 is 23.4 Å².